The summed E-state index contributed by atoms with van der Waals surface area (Å²) in [4.78, 5) is 6.92. The van der Waals surface area contributed by atoms with E-state index < -0.39 is 0 Å². The number of aromatic nitrogens is 2. The molecule has 2 aromatic heterocycles. The Morgan fingerprint density at radius 2 is 1.76 bits per heavy atom. The van der Waals surface area contributed by atoms with Gasteiger partial charge in [-0.25, -0.2) is 0 Å². The van der Waals surface area contributed by atoms with E-state index in [4.69, 9.17) is 23.8 Å². The van der Waals surface area contributed by atoms with Gasteiger partial charge < -0.3 is 14.8 Å². The first-order valence-corrected chi connectivity index (χ1v) is 12.3. The summed E-state index contributed by atoms with van der Waals surface area (Å²) in [5.41, 5.74) is 7.91. The Balaban J connectivity index is 1.67. The SMILES string of the molecule is CCc1ccc(N2C(=S)N[C@H](c3ccccn3)[C@@H]2c2cc(C)n(-c3cccc(Cl)c3)c2C)cc1. The predicted octanol–water partition coefficient (Wildman–Crippen LogP) is 6.88. The van der Waals surface area contributed by atoms with Crippen molar-refractivity contribution < 1.29 is 0 Å². The van der Waals surface area contributed by atoms with E-state index in [-0.39, 0.29) is 12.1 Å². The van der Waals surface area contributed by atoms with Crippen LogP contribution in [0.1, 0.15) is 47.2 Å². The normalized spacial score (nSPS) is 17.8. The summed E-state index contributed by atoms with van der Waals surface area (Å²) < 4.78 is 2.26. The molecule has 1 N–H and O–H groups in total. The highest BCUT2D eigenvalue weighted by atomic mass is 35.5. The van der Waals surface area contributed by atoms with E-state index in [1.165, 1.54) is 11.1 Å². The first-order valence-electron chi connectivity index (χ1n) is 11.5. The summed E-state index contributed by atoms with van der Waals surface area (Å²) in [6, 6.07) is 24.8. The standard InChI is InChI=1S/C28H27ClN4S/c1-4-20-11-13-22(14-12-20)33-27(26(31-28(33)34)25-10-5-6-15-30-25)24-16-18(2)32(19(24)3)23-9-7-8-21(29)17-23/h5-17,26-27H,4H2,1-3H3,(H,31,34)/t26-,27+/m1/s1. The van der Waals surface area contributed by atoms with Crippen molar-refractivity contribution >= 4 is 34.6 Å². The third-order valence-electron chi connectivity index (χ3n) is 6.58. The first-order chi connectivity index (χ1) is 16.5. The van der Waals surface area contributed by atoms with Gasteiger partial charge in [0, 0.05) is 34.0 Å². The lowest BCUT2D eigenvalue weighted by Crippen LogP contribution is -2.29. The molecule has 0 saturated carbocycles. The minimum absolute atomic E-state index is 0.0472. The van der Waals surface area contributed by atoms with Gasteiger partial charge in [0.05, 0.1) is 17.8 Å². The predicted molar refractivity (Wildman–Crippen MR) is 144 cm³/mol. The van der Waals surface area contributed by atoms with E-state index in [0.717, 1.165) is 39.9 Å². The van der Waals surface area contributed by atoms with E-state index in [9.17, 15) is 0 Å². The topological polar surface area (TPSA) is 33.1 Å². The third-order valence-corrected chi connectivity index (χ3v) is 7.13. The number of halogens is 1. The van der Waals surface area contributed by atoms with Crippen molar-refractivity contribution in [3.8, 4) is 5.69 Å². The molecule has 5 rings (SSSR count). The van der Waals surface area contributed by atoms with Crippen molar-refractivity contribution in [3.63, 3.8) is 0 Å². The van der Waals surface area contributed by atoms with Gasteiger partial charge in [-0.2, -0.15) is 0 Å². The van der Waals surface area contributed by atoms with Gasteiger partial charge >= 0.3 is 0 Å². The van der Waals surface area contributed by atoms with Crippen LogP contribution in [0.2, 0.25) is 5.02 Å². The number of nitrogens with one attached hydrogen (secondary N) is 1. The maximum atomic E-state index is 6.33. The average Bonchev–Trinajstić information content (AvgIpc) is 3.34. The van der Waals surface area contributed by atoms with Gasteiger partial charge in [-0.05, 0) is 92.1 Å². The fourth-order valence-corrected chi connectivity index (χ4v) is 5.47. The maximum Gasteiger partial charge on any atom is 0.174 e. The molecule has 0 aliphatic carbocycles. The number of rotatable bonds is 5. The number of benzene rings is 2. The molecule has 0 amide bonds. The second-order valence-electron chi connectivity index (χ2n) is 8.66. The van der Waals surface area contributed by atoms with Crippen LogP contribution < -0.4 is 10.2 Å². The molecule has 6 heteroatoms. The molecule has 172 valence electrons. The lowest BCUT2D eigenvalue weighted by atomic mass is 9.96. The van der Waals surface area contributed by atoms with Crippen LogP contribution in [-0.4, -0.2) is 14.7 Å². The quantitative estimate of drug-likeness (QED) is 0.311. The Labute approximate surface area is 211 Å². The van der Waals surface area contributed by atoms with Crippen LogP contribution in [0.5, 0.6) is 0 Å². The van der Waals surface area contributed by atoms with Gasteiger partial charge in [0.1, 0.15) is 0 Å². The summed E-state index contributed by atoms with van der Waals surface area (Å²) in [7, 11) is 0. The molecule has 0 unspecified atom stereocenters. The van der Waals surface area contributed by atoms with Crippen LogP contribution in [0.3, 0.4) is 0 Å². The highest BCUT2D eigenvalue weighted by molar-refractivity contribution is 7.80. The Hall–Kier alpha value is -3.15. The fraction of sp³-hybridized carbons (Fsp3) is 0.214. The average molecular weight is 487 g/mol. The van der Waals surface area contributed by atoms with Gasteiger partial charge in [0.2, 0.25) is 0 Å². The van der Waals surface area contributed by atoms with Crippen molar-refractivity contribution in [3.05, 3.63) is 112 Å². The van der Waals surface area contributed by atoms with Crippen molar-refractivity contribution in [2.45, 2.75) is 39.3 Å². The fourth-order valence-electron chi connectivity index (χ4n) is 4.94. The van der Waals surface area contributed by atoms with E-state index in [1.54, 1.807) is 0 Å². The summed E-state index contributed by atoms with van der Waals surface area (Å²) in [5.74, 6) is 0. The monoisotopic (exact) mass is 486 g/mol. The molecular weight excluding hydrogens is 460 g/mol. The molecule has 4 nitrogen and oxygen atoms in total. The summed E-state index contributed by atoms with van der Waals surface area (Å²) in [6.07, 6.45) is 2.84. The number of hydrogen-bond donors (Lipinski definition) is 1. The van der Waals surface area contributed by atoms with Gasteiger partial charge in [-0.15, -0.1) is 0 Å². The van der Waals surface area contributed by atoms with Crippen molar-refractivity contribution in [2.24, 2.45) is 0 Å². The molecule has 1 fully saturated rings. The van der Waals surface area contributed by atoms with E-state index in [0.29, 0.717) is 5.11 Å². The molecule has 1 saturated heterocycles. The van der Waals surface area contributed by atoms with Crippen LogP contribution in [-0.2, 0) is 6.42 Å². The maximum absolute atomic E-state index is 6.33. The van der Waals surface area contributed by atoms with E-state index >= 15 is 0 Å². The molecular formula is C28H27ClN4S. The number of nitrogens with zero attached hydrogens (tertiary/aromatic N) is 3. The largest absolute Gasteiger partial charge is 0.351 e. The first kappa shape index (κ1) is 22.6. The lowest BCUT2D eigenvalue weighted by Gasteiger charge is -2.28. The number of pyridine rings is 1. The molecule has 4 aromatic rings. The van der Waals surface area contributed by atoms with Crippen LogP contribution in [0.15, 0.2) is 79.0 Å². The van der Waals surface area contributed by atoms with E-state index in [2.05, 4.69) is 83.0 Å². The second kappa shape index (κ2) is 9.24. The smallest absolute Gasteiger partial charge is 0.174 e. The van der Waals surface area contributed by atoms with Crippen molar-refractivity contribution in [1.29, 1.82) is 0 Å². The number of hydrogen-bond acceptors (Lipinski definition) is 2. The summed E-state index contributed by atoms with van der Waals surface area (Å²) in [5, 5.41) is 4.99. The van der Waals surface area contributed by atoms with Crippen LogP contribution >= 0.6 is 23.8 Å². The highest BCUT2D eigenvalue weighted by Crippen LogP contribution is 2.43. The Morgan fingerprint density at radius 3 is 2.44 bits per heavy atom. The highest BCUT2D eigenvalue weighted by Gasteiger charge is 2.42. The summed E-state index contributed by atoms with van der Waals surface area (Å²) in [6.45, 7) is 6.47. The Morgan fingerprint density at radius 1 is 0.971 bits per heavy atom. The zero-order valence-electron chi connectivity index (χ0n) is 19.5. The number of thiocarbonyl (C=S) groups is 1. The summed E-state index contributed by atoms with van der Waals surface area (Å²) >= 11 is 12.2. The van der Waals surface area contributed by atoms with Gasteiger partial charge in [-0.1, -0.05) is 42.8 Å². The molecule has 34 heavy (non-hydrogen) atoms. The molecule has 0 bridgehead atoms. The minimum atomic E-state index is -0.0761. The van der Waals surface area contributed by atoms with Crippen LogP contribution in [0, 0.1) is 13.8 Å². The second-order valence-corrected chi connectivity index (χ2v) is 9.48. The Kier molecular flexibility index (Phi) is 6.15. The molecule has 2 atom stereocenters. The van der Waals surface area contributed by atoms with Gasteiger partial charge in [-0.3, -0.25) is 4.98 Å². The minimum Gasteiger partial charge on any atom is -0.351 e. The third kappa shape index (κ3) is 3.99. The number of anilines is 1. The molecule has 1 aliphatic rings. The van der Waals surface area contributed by atoms with Crippen molar-refractivity contribution in [1.82, 2.24) is 14.9 Å². The van der Waals surface area contributed by atoms with E-state index in [1.807, 2.05) is 36.5 Å². The zero-order valence-corrected chi connectivity index (χ0v) is 21.1. The zero-order chi connectivity index (χ0) is 23.8. The Bertz CT molecular complexity index is 1330. The number of aryl methyl sites for hydroxylation is 2. The lowest BCUT2D eigenvalue weighted by molar-refractivity contribution is 0.565. The molecule has 2 aromatic carbocycles. The molecule has 0 spiro atoms. The van der Waals surface area contributed by atoms with Gasteiger partial charge in [0.25, 0.3) is 0 Å². The molecule has 3 heterocycles. The molecule has 0 radical (unpaired) electrons. The van der Waals surface area contributed by atoms with Crippen LogP contribution in [0.25, 0.3) is 5.69 Å². The molecule has 1 aliphatic heterocycles. The van der Waals surface area contributed by atoms with Crippen molar-refractivity contribution in [2.75, 3.05) is 4.90 Å². The van der Waals surface area contributed by atoms with Crippen LogP contribution in [0.4, 0.5) is 5.69 Å². The van der Waals surface area contributed by atoms with Gasteiger partial charge in [0.15, 0.2) is 5.11 Å².